The van der Waals surface area contributed by atoms with Crippen LogP contribution in [0.1, 0.15) is 33.6 Å². The van der Waals surface area contributed by atoms with E-state index < -0.39 is 53.1 Å². The molecule has 3 aromatic rings. The number of halogens is 9. The monoisotopic (exact) mass is 617 g/mol. The number of hydroxylamine groups is 1. The second-order valence-corrected chi connectivity index (χ2v) is 8.97. The number of thioether (sulfide) groups is 1. The van der Waals surface area contributed by atoms with Crippen molar-refractivity contribution in [2.24, 2.45) is 4.99 Å². The molecule has 3 rings (SSSR count). The maximum Gasteiger partial charge on any atom is 0.430 e. The minimum absolute atomic E-state index is 0.00122. The molecule has 222 valence electrons. The minimum atomic E-state index is -6.08. The minimum Gasteiger partial charge on any atom is -0.369 e. The Morgan fingerprint density at radius 2 is 1.66 bits per heavy atom. The van der Waals surface area contributed by atoms with Gasteiger partial charge in [0.05, 0.1) is 11.3 Å². The number of amidine groups is 1. The van der Waals surface area contributed by atoms with E-state index in [9.17, 15) is 54.6 Å². The largest absolute Gasteiger partial charge is 0.430 e. The molecule has 19 heteroatoms. The summed E-state index contributed by atoms with van der Waals surface area (Å²) < 4.78 is 122. The Bertz CT molecular complexity index is 1380. The second-order valence-electron chi connectivity index (χ2n) is 7.88. The Balaban J connectivity index is 1.64. The molecule has 41 heavy (non-hydrogen) atoms. The number of hydrogen-bond acceptors (Lipinski definition) is 8. The summed E-state index contributed by atoms with van der Waals surface area (Å²) in [4.78, 5) is 16.1. The zero-order valence-electron chi connectivity index (χ0n) is 19.9. The van der Waals surface area contributed by atoms with Gasteiger partial charge in [-0.3, -0.25) is 15.5 Å². The first-order chi connectivity index (χ1) is 19.1. The maximum absolute atomic E-state index is 13.5. The average Bonchev–Trinajstić information content (AvgIpc) is 3.37. The molecular weight excluding hydrogens is 601 g/mol. The standard InChI is InChI=1S/C22H16F9N5O4S/c23-14-6-5-12(9-13(14)16(24)25)33-17(34-39)15-19(36-40-35-15)41-8-7-32-18(37)10-1-3-11(4-2-10)20(38,21(26,27)28)22(29,30)31/h1-6,9,16,38-39H,7-8H2,(H,32,37)(H,33,34). The van der Waals surface area contributed by atoms with Crippen molar-refractivity contribution in [2.45, 2.75) is 29.4 Å². The molecule has 0 saturated heterocycles. The molecule has 0 saturated carbocycles. The quantitative estimate of drug-likeness (QED) is 0.0656. The molecule has 0 unspecified atom stereocenters. The summed E-state index contributed by atoms with van der Waals surface area (Å²) in [5, 5.41) is 28.3. The molecule has 0 aliphatic heterocycles. The highest BCUT2D eigenvalue weighted by atomic mass is 32.2. The number of aromatic nitrogens is 2. The van der Waals surface area contributed by atoms with Crippen molar-refractivity contribution < 1.29 is 59.3 Å². The van der Waals surface area contributed by atoms with Crippen molar-refractivity contribution in [2.75, 3.05) is 12.3 Å². The van der Waals surface area contributed by atoms with Crippen molar-refractivity contribution in [1.82, 2.24) is 21.1 Å². The molecular formula is C22H16F9N5O4S. The van der Waals surface area contributed by atoms with Crippen LogP contribution in [0, 0.1) is 5.82 Å². The molecule has 0 atom stereocenters. The Morgan fingerprint density at radius 1 is 1.02 bits per heavy atom. The molecule has 0 radical (unpaired) electrons. The van der Waals surface area contributed by atoms with Gasteiger partial charge in [-0.1, -0.05) is 23.9 Å². The third-order valence-electron chi connectivity index (χ3n) is 5.26. The van der Waals surface area contributed by atoms with Crippen LogP contribution in [0.15, 0.2) is 57.1 Å². The maximum atomic E-state index is 13.5. The number of benzene rings is 2. The summed E-state index contributed by atoms with van der Waals surface area (Å²) >= 11 is 0.890. The number of rotatable bonds is 9. The molecule has 0 spiro atoms. The van der Waals surface area contributed by atoms with E-state index >= 15 is 0 Å². The fourth-order valence-corrected chi connectivity index (χ4v) is 3.97. The van der Waals surface area contributed by atoms with E-state index in [1.165, 1.54) is 0 Å². The van der Waals surface area contributed by atoms with Gasteiger partial charge in [-0.15, -0.1) is 0 Å². The summed E-state index contributed by atoms with van der Waals surface area (Å²) in [7, 11) is 0. The summed E-state index contributed by atoms with van der Waals surface area (Å²) in [6, 6.07) is 4.53. The lowest BCUT2D eigenvalue weighted by Gasteiger charge is -2.32. The van der Waals surface area contributed by atoms with Crippen LogP contribution in [-0.4, -0.2) is 57.0 Å². The second kappa shape index (κ2) is 12.4. The number of carbonyl (C=O) groups excluding carboxylic acids is 1. The number of nitrogens with one attached hydrogen (secondary N) is 2. The molecule has 1 amide bonds. The Hall–Kier alpha value is -3.84. The first-order valence-corrected chi connectivity index (χ1v) is 11.9. The number of nitrogens with zero attached hydrogens (tertiary/aromatic N) is 3. The highest BCUT2D eigenvalue weighted by Gasteiger charge is 2.71. The molecule has 2 aromatic carbocycles. The van der Waals surface area contributed by atoms with Crippen LogP contribution >= 0.6 is 11.8 Å². The van der Waals surface area contributed by atoms with E-state index in [2.05, 4.69) is 25.3 Å². The highest BCUT2D eigenvalue weighted by Crippen LogP contribution is 2.49. The van der Waals surface area contributed by atoms with E-state index in [0.29, 0.717) is 24.3 Å². The lowest BCUT2D eigenvalue weighted by Crippen LogP contribution is -2.53. The number of aliphatic hydroxyl groups is 1. The van der Waals surface area contributed by atoms with Crippen LogP contribution in [0.4, 0.5) is 45.2 Å². The summed E-state index contributed by atoms with van der Waals surface area (Å²) in [6.45, 7) is -0.124. The van der Waals surface area contributed by atoms with Gasteiger partial charge in [-0.2, -0.15) is 26.3 Å². The zero-order valence-corrected chi connectivity index (χ0v) is 20.7. The summed E-state index contributed by atoms with van der Waals surface area (Å²) in [6.07, 6.45) is -15.3. The van der Waals surface area contributed by atoms with Gasteiger partial charge in [0.15, 0.2) is 16.6 Å². The number of carbonyl (C=O) groups is 1. The molecule has 0 fully saturated rings. The van der Waals surface area contributed by atoms with Gasteiger partial charge in [0.1, 0.15) is 5.82 Å². The van der Waals surface area contributed by atoms with Gasteiger partial charge in [0, 0.05) is 23.4 Å². The normalized spacial score (nSPS) is 13.0. The van der Waals surface area contributed by atoms with Crippen molar-refractivity contribution in [3.63, 3.8) is 0 Å². The average molecular weight is 617 g/mol. The summed E-state index contributed by atoms with van der Waals surface area (Å²) in [5.74, 6) is -2.41. The van der Waals surface area contributed by atoms with Crippen LogP contribution in [0.25, 0.3) is 0 Å². The number of alkyl halides is 8. The molecule has 1 heterocycles. The fraction of sp³-hybridized carbons (Fsp3) is 0.273. The highest BCUT2D eigenvalue weighted by molar-refractivity contribution is 7.99. The van der Waals surface area contributed by atoms with Gasteiger partial charge in [0.25, 0.3) is 17.9 Å². The van der Waals surface area contributed by atoms with Crippen molar-refractivity contribution >= 4 is 29.2 Å². The van der Waals surface area contributed by atoms with Gasteiger partial charge in [0.2, 0.25) is 0 Å². The van der Waals surface area contributed by atoms with Crippen molar-refractivity contribution in [3.05, 3.63) is 70.7 Å². The topological polar surface area (TPSA) is 133 Å². The number of hydrogen-bond donors (Lipinski definition) is 4. The zero-order chi connectivity index (χ0) is 30.6. The molecule has 1 aromatic heterocycles. The third kappa shape index (κ3) is 6.91. The third-order valence-corrected chi connectivity index (χ3v) is 6.21. The number of amides is 1. The molecule has 9 nitrogen and oxygen atoms in total. The van der Waals surface area contributed by atoms with Crippen LogP contribution < -0.4 is 10.8 Å². The van der Waals surface area contributed by atoms with Gasteiger partial charge >= 0.3 is 12.4 Å². The van der Waals surface area contributed by atoms with E-state index in [4.69, 9.17) is 0 Å². The van der Waals surface area contributed by atoms with Gasteiger partial charge < -0.3 is 10.4 Å². The van der Waals surface area contributed by atoms with Crippen LogP contribution in [0.3, 0.4) is 0 Å². The molecule has 0 aliphatic carbocycles. The Kier molecular flexibility index (Phi) is 9.54. The predicted octanol–water partition coefficient (Wildman–Crippen LogP) is 5.04. The van der Waals surface area contributed by atoms with E-state index in [0.717, 1.165) is 30.0 Å². The lowest BCUT2D eigenvalue weighted by atomic mass is 9.91. The SMILES string of the molecule is O=C(NCCSc1nonc1C(=Nc1ccc(F)c(C(F)F)c1)NO)c1ccc(C(O)(C(F)(F)F)C(F)(F)F)cc1. The van der Waals surface area contributed by atoms with Crippen LogP contribution in [0.5, 0.6) is 0 Å². The van der Waals surface area contributed by atoms with E-state index in [1.54, 1.807) is 5.48 Å². The fourth-order valence-electron chi connectivity index (χ4n) is 3.21. The van der Waals surface area contributed by atoms with E-state index in [-0.39, 0.29) is 34.3 Å². The van der Waals surface area contributed by atoms with Crippen LogP contribution in [-0.2, 0) is 5.60 Å². The molecule has 0 bridgehead atoms. The Morgan fingerprint density at radius 3 is 2.22 bits per heavy atom. The molecule has 4 N–H and O–H groups in total. The van der Waals surface area contributed by atoms with Crippen LogP contribution in [0.2, 0.25) is 0 Å². The van der Waals surface area contributed by atoms with Crippen molar-refractivity contribution in [1.29, 1.82) is 0 Å². The van der Waals surface area contributed by atoms with E-state index in [1.807, 2.05) is 0 Å². The van der Waals surface area contributed by atoms with Gasteiger partial charge in [-0.25, -0.2) is 22.8 Å². The smallest absolute Gasteiger partial charge is 0.369 e. The van der Waals surface area contributed by atoms with Crippen molar-refractivity contribution in [3.8, 4) is 0 Å². The summed E-state index contributed by atoms with van der Waals surface area (Å²) in [5.41, 5.74) is -6.60. The first kappa shape index (κ1) is 31.7. The number of aliphatic imine (C=N–C) groups is 1. The first-order valence-electron chi connectivity index (χ1n) is 10.9. The Labute approximate surface area is 227 Å². The lowest BCUT2D eigenvalue weighted by molar-refractivity contribution is -0.376. The van der Waals surface area contributed by atoms with Gasteiger partial charge in [-0.05, 0) is 40.6 Å². The predicted molar refractivity (Wildman–Crippen MR) is 122 cm³/mol. The molecule has 0 aliphatic rings.